The van der Waals surface area contributed by atoms with Crippen LogP contribution in [0.3, 0.4) is 0 Å². The van der Waals surface area contributed by atoms with Crippen LogP contribution in [0.15, 0.2) is 0 Å². The molecule has 0 aromatic heterocycles. The second kappa shape index (κ2) is 5.81. The molecule has 0 aromatic carbocycles. The van der Waals surface area contributed by atoms with Gasteiger partial charge in [0.05, 0.1) is 12.0 Å². The number of carbonyl (C=O) groups is 2. The lowest BCUT2D eigenvalue weighted by Crippen LogP contribution is -2.68. The lowest BCUT2D eigenvalue weighted by molar-refractivity contribution is -0.139. The number of nitrogens with one attached hydrogen (secondary N) is 2. The van der Waals surface area contributed by atoms with Crippen LogP contribution in [0, 0.1) is 0 Å². The summed E-state index contributed by atoms with van der Waals surface area (Å²) in [5.41, 5.74) is 4.72. The van der Waals surface area contributed by atoms with Gasteiger partial charge in [-0.05, 0) is 19.4 Å². The molecule has 1 aliphatic heterocycles. The number of carboxylic acids is 1. The summed E-state index contributed by atoms with van der Waals surface area (Å²) < 4.78 is 0. The minimum Gasteiger partial charge on any atom is -0.481 e. The van der Waals surface area contributed by atoms with E-state index in [9.17, 15) is 9.59 Å². The van der Waals surface area contributed by atoms with Crippen LogP contribution in [0.5, 0.6) is 0 Å². The summed E-state index contributed by atoms with van der Waals surface area (Å²) in [6.07, 6.45) is 2.12. The van der Waals surface area contributed by atoms with E-state index in [2.05, 4.69) is 10.6 Å². The molecule has 92 valence electrons. The first-order valence-corrected chi connectivity index (χ1v) is 5.50. The lowest BCUT2D eigenvalue weighted by atomic mass is 9.88. The molecule has 1 saturated heterocycles. The molecule has 0 atom stereocenters. The number of aliphatic carboxylic acids is 1. The number of rotatable bonds is 8. The Kier molecular flexibility index (Phi) is 4.70. The number of carboxylic acid groups (broad SMARTS) is 1. The van der Waals surface area contributed by atoms with Gasteiger partial charge >= 0.3 is 5.97 Å². The van der Waals surface area contributed by atoms with Gasteiger partial charge in [-0.15, -0.1) is 0 Å². The van der Waals surface area contributed by atoms with Crippen molar-refractivity contribution >= 4 is 11.9 Å². The van der Waals surface area contributed by atoms with Crippen LogP contribution in [0.2, 0.25) is 0 Å². The molecule has 5 N–H and O–H groups in total. The summed E-state index contributed by atoms with van der Waals surface area (Å²) in [6, 6.07) is 0. The smallest absolute Gasteiger partial charge is 0.305 e. The van der Waals surface area contributed by atoms with Gasteiger partial charge in [0.1, 0.15) is 0 Å². The molecule has 0 unspecified atom stereocenters. The second-order valence-electron chi connectivity index (χ2n) is 4.30. The molecule has 1 aliphatic rings. The Morgan fingerprint density at radius 3 is 2.50 bits per heavy atom. The van der Waals surface area contributed by atoms with E-state index in [1.165, 1.54) is 0 Å². The third-order valence-electron chi connectivity index (χ3n) is 2.77. The summed E-state index contributed by atoms with van der Waals surface area (Å²) in [5.74, 6) is -1.07. The van der Waals surface area contributed by atoms with Crippen molar-refractivity contribution in [2.45, 2.75) is 31.2 Å². The third kappa shape index (κ3) is 4.16. The highest BCUT2D eigenvalue weighted by molar-refractivity contribution is 5.73. The van der Waals surface area contributed by atoms with Gasteiger partial charge in [0, 0.05) is 19.5 Å². The van der Waals surface area contributed by atoms with E-state index in [0.717, 1.165) is 19.4 Å². The molecule has 0 radical (unpaired) electrons. The molecule has 0 spiro atoms. The quantitative estimate of drug-likeness (QED) is 0.402. The van der Waals surface area contributed by atoms with Gasteiger partial charge in [-0.2, -0.15) is 0 Å². The minimum atomic E-state index is -0.786. The lowest BCUT2D eigenvalue weighted by Gasteiger charge is -2.42. The van der Waals surface area contributed by atoms with Crippen LogP contribution >= 0.6 is 0 Å². The maximum atomic E-state index is 10.7. The van der Waals surface area contributed by atoms with E-state index >= 15 is 0 Å². The summed E-state index contributed by atoms with van der Waals surface area (Å²) in [7, 11) is 0. The molecule has 0 bridgehead atoms. The van der Waals surface area contributed by atoms with Gasteiger partial charge in [-0.3, -0.25) is 9.59 Å². The molecule has 1 amide bonds. The van der Waals surface area contributed by atoms with Crippen molar-refractivity contribution in [3.8, 4) is 0 Å². The number of nitrogens with two attached hydrogens (primary N) is 1. The number of amides is 1. The highest BCUT2D eigenvalue weighted by Crippen LogP contribution is 2.15. The fourth-order valence-corrected chi connectivity index (χ4v) is 1.81. The predicted molar refractivity (Wildman–Crippen MR) is 58.9 cm³/mol. The highest BCUT2D eigenvalue weighted by atomic mass is 16.4. The monoisotopic (exact) mass is 229 g/mol. The molecule has 6 heteroatoms. The topological polar surface area (TPSA) is 104 Å². The zero-order valence-electron chi connectivity index (χ0n) is 9.29. The maximum Gasteiger partial charge on any atom is 0.305 e. The van der Waals surface area contributed by atoms with Crippen LogP contribution in [0.1, 0.15) is 25.7 Å². The van der Waals surface area contributed by atoms with Crippen molar-refractivity contribution in [2.24, 2.45) is 5.73 Å². The van der Waals surface area contributed by atoms with Crippen molar-refractivity contribution in [3.05, 3.63) is 0 Å². The number of hydrogen-bond acceptors (Lipinski definition) is 4. The molecule has 0 saturated carbocycles. The van der Waals surface area contributed by atoms with Crippen molar-refractivity contribution in [1.29, 1.82) is 0 Å². The van der Waals surface area contributed by atoms with E-state index < -0.39 is 5.97 Å². The Morgan fingerprint density at radius 2 is 2.06 bits per heavy atom. The SMILES string of the molecule is NC(=O)CCCCNC1(CC(=O)O)CNC1. The standard InChI is InChI=1S/C10H19N3O3/c11-8(14)3-1-2-4-13-10(5-9(15)16)6-12-7-10/h12-13H,1-7H2,(H2,11,14)(H,15,16). The molecule has 16 heavy (non-hydrogen) atoms. The maximum absolute atomic E-state index is 10.7. The van der Waals surface area contributed by atoms with Gasteiger partial charge < -0.3 is 21.5 Å². The number of unbranched alkanes of at least 4 members (excludes halogenated alkanes) is 1. The van der Waals surface area contributed by atoms with E-state index in [0.29, 0.717) is 19.5 Å². The van der Waals surface area contributed by atoms with Crippen molar-refractivity contribution in [2.75, 3.05) is 19.6 Å². The average Bonchev–Trinajstić information content (AvgIpc) is 2.11. The Balaban J connectivity index is 2.14. The normalized spacial score (nSPS) is 17.8. The van der Waals surface area contributed by atoms with Gasteiger partial charge in [-0.25, -0.2) is 0 Å². The predicted octanol–water partition coefficient (Wildman–Crippen LogP) is -0.952. The van der Waals surface area contributed by atoms with E-state index in [4.69, 9.17) is 10.8 Å². The van der Waals surface area contributed by atoms with Crippen LogP contribution in [-0.2, 0) is 9.59 Å². The summed E-state index contributed by atoms with van der Waals surface area (Å²) >= 11 is 0. The Bertz CT molecular complexity index is 264. The summed E-state index contributed by atoms with van der Waals surface area (Å²) in [6.45, 7) is 2.10. The molecular weight excluding hydrogens is 210 g/mol. The van der Waals surface area contributed by atoms with Gasteiger partial charge in [0.25, 0.3) is 0 Å². The van der Waals surface area contributed by atoms with Crippen LogP contribution in [-0.4, -0.2) is 42.2 Å². The highest BCUT2D eigenvalue weighted by Gasteiger charge is 2.38. The van der Waals surface area contributed by atoms with Gasteiger partial charge in [-0.1, -0.05) is 0 Å². The average molecular weight is 229 g/mol. The zero-order valence-corrected chi connectivity index (χ0v) is 9.29. The Labute approximate surface area is 94.6 Å². The Hall–Kier alpha value is -1.14. The second-order valence-corrected chi connectivity index (χ2v) is 4.30. The van der Waals surface area contributed by atoms with E-state index in [1.807, 2.05) is 0 Å². The third-order valence-corrected chi connectivity index (χ3v) is 2.77. The molecular formula is C10H19N3O3. The van der Waals surface area contributed by atoms with Crippen molar-refractivity contribution in [3.63, 3.8) is 0 Å². The van der Waals surface area contributed by atoms with Crippen LogP contribution in [0.25, 0.3) is 0 Å². The molecule has 6 nitrogen and oxygen atoms in total. The van der Waals surface area contributed by atoms with E-state index in [1.54, 1.807) is 0 Å². The first-order valence-electron chi connectivity index (χ1n) is 5.50. The first kappa shape index (κ1) is 12.9. The fourth-order valence-electron chi connectivity index (χ4n) is 1.81. The number of hydrogen-bond donors (Lipinski definition) is 4. The number of carbonyl (C=O) groups excluding carboxylic acids is 1. The molecule has 0 aromatic rings. The summed E-state index contributed by atoms with van der Waals surface area (Å²) in [4.78, 5) is 21.1. The van der Waals surface area contributed by atoms with Crippen LogP contribution < -0.4 is 16.4 Å². The Morgan fingerprint density at radius 1 is 1.38 bits per heavy atom. The van der Waals surface area contributed by atoms with Crippen molar-refractivity contribution in [1.82, 2.24) is 10.6 Å². The van der Waals surface area contributed by atoms with E-state index in [-0.39, 0.29) is 17.9 Å². The minimum absolute atomic E-state index is 0.135. The number of primary amides is 1. The van der Waals surface area contributed by atoms with Crippen LogP contribution in [0.4, 0.5) is 0 Å². The summed E-state index contributed by atoms with van der Waals surface area (Å²) in [5, 5.41) is 15.1. The molecule has 1 heterocycles. The zero-order chi connectivity index (χ0) is 12.0. The molecule has 1 fully saturated rings. The van der Waals surface area contributed by atoms with Crippen molar-refractivity contribution < 1.29 is 14.7 Å². The fraction of sp³-hybridized carbons (Fsp3) is 0.800. The largest absolute Gasteiger partial charge is 0.481 e. The van der Waals surface area contributed by atoms with Gasteiger partial charge in [0.2, 0.25) is 5.91 Å². The first-order chi connectivity index (χ1) is 7.54. The van der Waals surface area contributed by atoms with Gasteiger partial charge in [0.15, 0.2) is 0 Å². The molecule has 0 aliphatic carbocycles. The molecule has 1 rings (SSSR count).